The zero-order chi connectivity index (χ0) is 33.2. The van der Waals surface area contributed by atoms with E-state index in [0.717, 1.165) is 51.4 Å². The van der Waals surface area contributed by atoms with Crippen LogP contribution in [0.25, 0.3) is 0 Å². The maximum Gasteiger partial charge on any atom is 0.249 e. The summed E-state index contributed by atoms with van der Waals surface area (Å²) < 4.78 is 0. The van der Waals surface area contributed by atoms with Gasteiger partial charge in [0.1, 0.15) is 12.2 Å². The van der Waals surface area contributed by atoms with E-state index in [4.69, 9.17) is 0 Å². The van der Waals surface area contributed by atoms with Gasteiger partial charge in [-0.1, -0.05) is 174 Å². The summed E-state index contributed by atoms with van der Waals surface area (Å²) in [5.41, 5.74) is 0. The zero-order valence-electron chi connectivity index (χ0n) is 29.9. The molecule has 0 saturated heterocycles. The average molecular weight is 640 g/mol. The Labute approximate surface area is 279 Å². The van der Waals surface area contributed by atoms with Crippen LogP contribution in [0.4, 0.5) is 0 Å². The molecule has 0 fully saturated rings. The number of nitrogens with one attached hydrogen (secondary N) is 1. The Morgan fingerprint density at radius 1 is 0.533 bits per heavy atom. The minimum atomic E-state index is -1.26. The summed E-state index contributed by atoms with van der Waals surface area (Å²) in [7, 11) is 0. The van der Waals surface area contributed by atoms with Crippen molar-refractivity contribution in [1.82, 2.24) is 5.32 Å². The number of hydrogen-bond acceptors (Lipinski definition) is 5. The highest BCUT2D eigenvalue weighted by molar-refractivity contribution is 5.80. The lowest BCUT2D eigenvalue weighted by atomic mass is 9.99. The highest BCUT2D eigenvalue weighted by atomic mass is 16.3. The van der Waals surface area contributed by atoms with Gasteiger partial charge in [-0.3, -0.25) is 4.79 Å². The molecular formula is C39H77NO5. The lowest BCUT2D eigenvalue weighted by molar-refractivity contribution is -0.132. The first kappa shape index (κ1) is 44.0. The number of carbonyl (C=O) groups is 1. The molecule has 0 aromatic rings. The number of hydrogen-bond donors (Lipinski definition) is 5. The van der Waals surface area contributed by atoms with Crippen molar-refractivity contribution >= 4 is 5.91 Å². The van der Waals surface area contributed by atoms with Gasteiger partial charge in [0.25, 0.3) is 0 Å². The van der Waals surface area contributed by atoms with E-state index in [-0.39, 0.29) is 0 Å². The van der Waals surface area contributed by atoms with Crippen LogP contribution in [0.15, 0.2) is 12.2 Å². The van der Waals surface area contributed by atoms with Crippen LogP contribution in [-0.4, -0.2) is 57.3 Å². The van der Waals surface area contributed by atoms with Crippen LogP contribution in [-0.2, 0) is 4.79 Å². The molecule has 0 rings (SSSR count). The van der Waals surface area contributed by atoms with Gasteiger partial charge in [-0.15, -0.1) is 0 Å². The van der Waals surface area contributed by atoms with E-state index in [2.05, 4.69) is 31.3 Å². The molecular weight excluding hydrogens is 562 g/mol. The fourth-order valence-corrected chi connectivity index (χ4v) is 6.04. The molecule has 0 bridgehead atoms. The molecule has 0 saturated carbocycles. The van der Waals surface area contributed by atoms with Crippen molar-refractivity contribution in [3.05, 3.63) is 12.2 Å². The lowest BCUT2D eigenvalue weighted by Gasteiger charge is -2.27. The van der Waals surface area contributed by atoms with E-state index in [0.29, 0.717) is 12.8 Å². The normalized spacial score (nSPS) is 14.5. The number of carbonyl (C=O) groups excluding carboxylic acids is 1. The van der Waals surface area contributed by atoms with Crippen LogP contribution in [0.2, 0.25) is 0 Å². The van der Waals surface area contributed by atoms with Gasteiger partial charge in [0.15, 0.2) is 0 Å². The van der Waals surface area contributed by atoms with E-state index in [9.17, 15) is 25.2 Å². The molecule has 6 heteroatoms. The molecule has 4 unspecified atom stereocenters. The summed E-state index contributed by atoms with van der Waals surface area (Å²) >= 11 is 0. The van der Waals surface area contributed by atoms with Crippen LogP contribution in [0.3, 0.4) is 0 Å². The smallest absolute Gasteiger partial charge is 0.249 e. The Morgan fingerprint density at radius 2 is 0.889 bits per heavy atom. The molecule has 0 aromatic heterocycles. The molecule has 0 aliphatic carbocycles. The zero-order valence-corrected chi connectivity index (χ0v) is 29.9. The van der Waals surface area contributed by atoms with E-state index in [1.54, 1.807) is 0 Å². The first-order chi connectivity index (χ1) is 22.0. The van der Waals surface area contributed by atoms with E-state index < -0.39 is 36.9 Å². The van der Waals surface area contributed by atoms with Crippen molar-refractivity contribution in [3.63, 3.8) is 0 Å². The molecule has 6 nitrogen and oxygen atoms in total. The van der Waals surface area contributed by atoms with Gasteiger partial charge in [-0.25, -0.2) is 0 Å². The number of allylic oxidation sites excluding steroid dienone is 2. The fraction of sp³-hybridized carbons (Fsp3) is 0.923. The number of amides is 1. The number of rotatable bonds is 35. The largest absolute Gasteiger partial charge is 0.394 e. The predicted molar refractivity (Wildman–Crippen MR) is 191 cm³/mol. The third kappa shape index (κ3) is 29.0. The number of aliphatic hydroxyl groups excluding tert-OH is 4. The molecule has 0 aliphatic rings. The van der Waals surface area contributed by atoms with Crippen molar-refractivity contribution in [3.8, 4) is 0 Å². The second kappa shape index (κ2) is 34.4. The fourth-order valence-electron chi connectivity index (χ4n) is 6.04. The molecule has 0 aromatic carbocycles. The number of unbranched alkanes of at least 4 members (excludes halogenated alkanes) is 24. The molecule has 4 atom stereocenters. The SMILES string of the molecule is CCCCCCCCCCC/C=C\CCCCCCC(O)C(=O)NC(CO)C(O)C(O)CCCCCCCCCCCCCC. The maximum absolute atomic E-state index is 12.4. The quantitative estimate of drug-likeness (QED) is 0.0350. The molecule has 1 amide bonds. The first-order valence-corrected chi connectivity index (χ1v) is 19.6. The van der Waals surface area contributed by atoms with Crippen molar-refractivity contribution in [1.29, 1.82) is 0 Å². The number of aliphatic hydroxyl groups is 4. The molecule has 0 radical (unpaired) electrons. The van der Waals surface area contributed by atoms with Gasteiger partial charge >= 0.3 is 0 Å². The van der Waals surface area contributed by atoms with E-state index in [1.807, 2.05) is 0 Å². The summed E-state index contributed by atoms with van der Waals surface area (Å²) in [5.74, 6) is -0.593. The van der Waals surface area contributed by atoms with Gasteiger partial charge in [-0.05, 0) is 38.5 Å². The average Bonchev–Trinajstić information content (AvgIpc) is 3.04. The van der Waals surface area contributed by atoms with Gasteiger partial charge in [0.2, 0.25) is 5.91 Å². The van der Waals surface area contributed by atoms with E-state index in [1.165, 1.54) is 122 Å². The minimum absolute atomic E-state index is 0.357. The van der Waals surface area contributed by atoms with Crippen molar-refractivity contribution in [2.45, 2.75) is 224 Å². The minimum Gasteiger partial charge on any atom is -0.394 e. The van der Waals surface area contributed by atoms with Gasteiger partial charge in [-0.2, -0.15) is 0 Å². The lowest BCUT2D eigenvalue weighted by Crippen LogP contribution is -2.53. The predicted octanol–water partition coefficient (Wildman–Crippen LogP) is 9.46. The van der Waals surface area contributed by atoms with Crippen LogP contribution in [0.5, 0.6) is 0 Å². The Bertz CT molecular complexity index is 643. The molecule has 0 spiro atoms. The third-order valence-corrected chi connectivity index (χ3v) is 9.23. The second-order valence-corrected chi connectivity index (χ2v) is 13.6. The summed E-state index contributed by atoms with van der Waals surface area (Å²) in [6.45, 7) is 4.03. The van der Waals surface area contributed by atoms with Crippen molar-refractivity contribution < 1.29 is 25.2 Å². The topological polar surface area (TPSA) is 110 Å². The Hall–Kier alpha value is -0.950. The summed E-state index contributed by atoms with van der Waals surface area (Å²) in [4.78, 5) is 12.4. The Balaban J connectivity index is 3.80. The molecule has 268 valence electrons. The van der Waals surface area contributed by atoms with Crippen molar-refractivity contribution in [2.75, 3.05) is 6.61 Å². The van der Waals surface area contributed by atoms with Gasteiger partial charge in [0.05, 0.1) is 18.8 Å². The van der Waals surface area contributed by atoms with Crippen LogP contribution in [0, 0.1) is 0 Å². The highest BCUT2D eigenvalue weighted by Gasteiger charge is 2.28. The Morgan fingerprint density at radius 3 is 1.29 bits per heavy atom. The summed E-state index contributed by atoms with van der Waals surface area (Å²) in [5, 5.41) is 43.5. The third-order valence-electron chi connectivity index (χ3n) is 9.23. The summed E-state index contributed by atoms with van der Waals surface area (Å²) in [6, 6.07) is -0.984. The Kier molecular flexibility index (Phi) is 33.7. The second-order valence-electron chi connectivity index (χ2n) is 13.6. The van der Waals surface area contributed by atoms with Gasteiger partial charge < -0.3 is 25.7 Å². The van der Waals surface area contributed by atoms with Crippen LogP contribution >= 0.6 is 0 Å². The maximum atomic E-state index is 12.4. The van der Waals surface area contributed by atoms with Crippen LogP contribution < -0.4 is 5.32 Å². The monoisotopic (exact) mass is 640 g/mol. The molecule has 0 aliphatic heterocycles. The van der Waals surface area contributed by atoms with Gasteiger partial charge in [0, 0.05) is 0 Å². The molecule has 45 heavy (non-hydrogen) atoms. The summed E-state index contributed by atoms with van der Waals surface area (Å²) in [6.07, 6.45) is 35.2. The van der Waals surface area contributed by atoms with E-state index >= 15 is 0 Å². The van der Waals surface area contributed by atoms with Crippen LogP contribution in [0.1, 0.15) is 200 Å². The van der Waals surface area contributed by atoms with Crippen molar-refractivity contribution in [2.24, 2.45) is 0 Å². The highest BCUT2D eigenvalue weighted by Crippen LogP contribution is 2.16. The molecule has 5 N–H and O–H groups in total. The first-order valence-electron chi connectivity index (χ1n) is 19.6. The standard InChI is InChI=1S/C39H77NO5/c1-3-5-7-9-11-13-15-17-18-19-20-21-23-25-27-29-31-33-37(43)39(45)40-35(34-41)38(44)36(42)32-30-28-26-24-22-16-14-12-10-8-6-4-2/h20-21,35-38,41-44H,3-19,22-34H2,1-2H3,(H,40,45)/b21-20-. The molecule has 0 heterocycles.